The number of aromatic nitrogens is 1. The predicted molar refractivity (Wildman–Crippen MR) is 133 cm³/mol. The van der Waals surface area contributed by atoms with Gasteiger partial charge in [0.05, 0.1) is 33.9 Å². The number of aryl methyl sites for hydroxylation is 1. The number of hydrogen-bond acceptors (Lipinski definition) is 0. The second-order valence-corrected chi connectivity index (χ2v) is 9.14. The van der Waals surface area contributed by atoms with E-state index in [1.54, 1.807) is 0 Å². The van der Waals surface area contributed by atoms with Gasteiger partial charge in [0.25, 0.3) is 0 Å². The van der Waals surface area contributed by atoms with E-state index in [1.165, 1.54) is 52.8 Å². The van der Waals surface area contributed by atoms with Crippen LogP contribution in [0.5, 0.6) is 0 Å². The maximum Gasteiger partial charge on any atom is 0.0726 e. The summed E-state index contributed by atoms with van der Waals surface area (Å²) in [5.74, 6) is 0. The lowest BCUT2D eigenvalue weighted by atomic mass is 9.99. The number of benzene rings is 4. The standard InChI is InChI=1S/C24H17I2N/c1-15-6-8-17-9-7-16(14-19(17)12-15)13-18-10-11-21-20-4-2-3-5-22(20)27(26)24(21)23(18)25/h2-12,14H,13H2,1H3. The molecule has 0 saturated heterocycles. The number of para-hydroxylation sites is 1. The summed E-state index contributed by atoms with van der Waals surface area (Å²) in [5, 5.41) is 5.29. The summed E-state index contributed by atoms with van der Waals surface area (Å²) in [6.07, 6.45) is 0.955. The van der Waals surface area contributed by atoms with E-state index in [0.29, 0.717) is 0 Å². The van der Waals surface area contributed by atoms with Crippen molar-refractivity contribution in [2.24, 2.45) is 0 Å². The summed E-state index contributed by atoms with van der Waals surface area (Å²) in [6, 6.07) is 26.7. The lowest BCUT2D eigenvalue weighted by Gasteiger charge is -2.09. The zero-order valence-electron chi connectivity index (χ0n) is 14.8. The van der Waals surface area contributed by atoms with Gasteiger partial charge < -0.3 is 0 Å². The number of rotatable bonds is 2. The van der Waals surface area contributed by atoms with Crippen molar-refractivity contribution in [2.75, 3.05) is 0 Å². The summed E-state index contributed by atoms with van der Waals surface area (Å²) in [6.45, 7) is 2.15. The van der Waals surface area contributed by atoms with Gasteiger partial charge in [-0.3, -0.25) is 2.78 Å². The van der Waals surface area contributed by atoms with E-state index in [1.807, 2.05) is 0 Å². The fraction of sp³-hybridized carbons (Fsp3) is 0.0833. The molecule has 0 amide bonds. The molecule has 1 aromatic heterocycles. The van der Waals surface area contributed by atoms with Crippen LogP contribution in [0.25, 0.3) is 32.6 Å². The Morgan fingerprint density at radius 1 is 0.815 bits per heavy atom. The van der Waals surface area contributed by atoms with E-state index in [0.717, 1.165) is 6.42 Å². The third kappa shape index (κ3) is 2.95. The average molecular weight is 573 g/mol. The van der Waals surface area contributed by atoms with Crippen molar-refractivity contribution in [3.8, 4) is 0 Å². The van der Waals surface area contributed by atoms with Gasteiger partial charge in [-0.15, -0.1) is 0 Å². The van der Waals surface area contributed by atoms with E-state index in [-0.39, 0.29) is 0 Å². The fourth-order valence-electron chi connectivity index (χ4n) is 3.89. The van der Waals surface area contributed by atoms with Crippen molar-refractivity contribution in [3.63, 3.8) is 0 Å². The number of nitrogens with zero attached hydrogens (tertiary/aromatic N) is 1. The van der Waals surface area contributed by atoms with Crippen LogP contribution in [-0.4, -0.2) is 2.78 Å². The van der Waals surface area contributed by atoms with Crippen molar-refractivity contribution in [3.05, 3.63) is 93.1 Å². The average Bonchev–Trinajstić information content (AvgIpc) is 2.97. The quantitative estimate of drug-likeness (QED) is 0.191. The zero-order valence-corrected chi connectivity index (χ0v) is 19.2. The Labute approximate surface area is 186 Å². The van der Waals surface area contributed by atoms with Gasteiger partial charge in [-0.2, -0.15) is 0 Å². The molecule has 0 aliphatic rings. The third-order valence-corrected chi connectivity index (χ3v) is 7.46. The van der Waals surface area contributed by atoms with Crippen LogP contribution in [0.3, 0.4) is 0 Å². The smallest absolute Gasteiger partial charge is 0.0726 e. The SMILES string of the molecule is Cc1ccc2ccc(Cc3ccc4c5ccccc5n(I)c4c3I)cc2c1. The molecule has 0 aliphatic heterocycles. The molecule has 0 radical (unpaired) electrons. The molecular formula is C24H17I2N. The first-order chi connectivity index (χ1) is 13.1. The second-order valence-electron chi connectivity index (χ2n) is 7.09. The molecule has 1 heterocycles. The van der Waals surface area contributed by atoms with Gasteiger partial charge in [-0.25, -0.2) is 0 Å². The first-order valence-corrected chi connectivity index (χ1v) is 11.0. The van der Waals surface area contributed by atoms with Gasteiger partial charge in [0.15, 0.2) is 0 Å². The predicted octanol–water partition coefficient (Wildman–Crippen LogP) is 7.65. The van der Waals surface area contributed by atoms with Crippen LogP contribution >= 0.6 is 45.5 Å². The first-order valence-electron chi connectivity index (χ1n) is 8.98. The minimum atomic E-state index is 0.955. The van der Waals surface area contributed by atoms with Crippen molar-refractivity contribution >= 4 is 78.0 Å². The molecule has 0 saturated carbocycles. The minimum Gasteiger partial charge on any atom is -0.281 e. The molecule has 0 fully saturated rings. The minimum absolute atomic E-state index is 0.955. The molecule has 5 aromatic rings. The maximum absolute atomic E-state index is 2.52. The van der Waals surface area contributed by atoms with Gasteiger partial charge in [0.2, 0.25) is 0 Å². The molecule has 3 heteroatoms. The summed E-state index contributed by atoms with van der Waals surface area (Å²) in [4.78, 5) is 0. The molecule has 132 valence electrons. The zero-order chi connectivity index (χ0) is 18.5. The number of fused-ring (bicyclic) bond motifs is 4. The van der Waals surface area contributed by atoms with Gasteiger partial charge in [0.1, 0.15) is 0 Å². The highest BCUT2D eigenvalue weighted by Crippen LogP contribution is 2.35. The summed E-state index contributed by atoms with van der Waals surface area (Å²) in [5.41, 5.74) is 6.67. The van der Waals surface area contributed by atoms with Gasteiger partial charge in [-0.1, -0.05) is 72.3 Å². The summed E-state index contributed by atoms with van der Waals surface area (Å²) < 4.78 is 3.65. The second kappa shape index (κ2) is 6.78. The Morgan fingerprint density at radius 3 is 2.52 bits per heavy atom. The molecule has 0 N–H and O–H groups in total. The summed E-state index contributed by atoms with van der Waals surface area (Å²) >= 11 is 4.96. The highest BCUT2D eigenvalue weighted by molar-refractivity contribution is 14.1. The lowest BCUT2D eigenvalue weighted by Crippen LogP contribution is -1.94. The lowest BCUT2D eigenvalue weighted by molar-refractivity contribution is 1.19. The highest BCUT2D eigenvalue weighted by Gasteiger charge is 2.14. The Kier molecular flexibility index (Phi) is 4.39. The molecule has 0 aliphatic carbocycles. The van der Waals surface area contributed by atoms with Crippen LogP contribution in [-0.2, 0) is 6.42 Å². The third-order valence-electron chi connectivity index (χ3n) is 5.25. The Bertz CT molecular complexity index is 1330. The Hall–Kier alpha value is -1.60. The molecule has 5 rings (SSSR count). The van der Waals surface area contributed by atoms with Crippen LogP contribution in [0.15, 0.2) is 72.8 Å². The largest absolute Gasteiger partial charge is 0.281 e. The van der Waals surface area contributed by atoms with E-state index in [2.05, 4.69) is 128 Å². The molecule has 0 atom stereocenters. The van der Waals surface area contributed by atoms with Crippen molar-refractivity contribution < 1.29 is 0 Å². The van der Waals surface area contributed by atoms with E-state index in [4.69, 9.17) is 0 Å². The van der Waals surface area contributed by atoms with Crippen molar-refractivity contribution in [2.45, 2.75) is 13.3 Å². The Morgan fingerprint density at radius 2 is 1.63 bits per heavy atom. The monoisotopic (exact) mass is 573 g/mol. The molecular weight excluding hydrogens is 556 g/mol. The van der Waals surface area contributed by atoms with Gasteiger partial charge in [-0.05, 0) is 63.9 Å². The number of hydrogen-bond donors (Lipinski definition) is 0. The Balaban J connectivity index is 1.64. The van der Waals surface area contributed by atoms with Crippen LogP contribution in [0.4, 0.5) is 0 Å². The topological polar surface area (TPSA) is 4.93 Å². The first kappa shape index (κ1) is 17.5. The highest BCUT2D eigenvalue weighted by atomic mass is 127. The molecule has 0 unspecified atom stereocenters. The summed E-state index contributed by atoms with van der Waals surface area (Å²) in [7, 11) is 0. The maximum atomic E-state index is 2.52. The van der Waals surface area contributed by atoms with Crippen molar-refractivity contribution in [1.29, 1.82) is 0 Å². The van der Waals surface area contributed by atoms with Crippen LogP contribution in [0, 0.1) is 10.5 Å². The molecule has 4 aromatic carbocycles. The number of halogens is 2. The van der Waals surface area contributed by atoms with Crippen LogP contribution in [0.2, 0.25) is 0 Å². The van der Waals surface area contributed by atoms with Crippen molar-refractivity contribution in [1.82, 2.24) is 2.78 Å². The molecule has 27 heavy (non-hydrogen) atoms. The van der Waals surface area contributed by atoms with E-state index < -0.39 is 0 Å². The van der Waals surface area contributed by atoms with Gasteiger partial charge >= 0.3 is 0 Å². The molecule has 0 bridgehead atoms. The van der Waals surface area contributed by atoms with Crippen LogP contribution < -0.4 is 0 Å². The fourth-order valence-corrected chi connectivity index (χ4v) is 6.18. The normalized spacial score (nSPS) is 11.7. The molecule has 1 nitrogen and oxygen atoms in total. The van der Waals surface area contributed by atoms with Crippen LogP contribution in [0.1, 0.15) is 16.7 Å². The van der Waals surface area contributed by atoms with Gasteiger partial charge in [0, 0.05) is 14.3 Å². The van der Waals surface area contributed by atoms with E-state index in [9.17, 15) is 0 Å². The molecule has 0 spiro atoms. The van der Waals surface area contributed by atoms with E-state index >= 15 is 0 Å².